The van der Waals surface area contributed by atoms with Crippen molar-refractivity contribution in [1.29, 1.82) is 0 Å². The molecule has 1 N–H and O–H groups in total. The first-order valence-electron chi connectivity index (χ1n) is 9.16. The van der Waals surface area contributed by atoms with E-state index in [9.17, 15) is 22.8 Å². The Bertz CT molecular complexity index is 909. The lowest BCUT2D eigenvalue weighted by molar-refractivity contribution is -0.274. The second-order valence-electron chi connectivity index (χ2n) is 7.17. The van der Waals surface area contributed by atoms with Crippen molar-refractivity contribution in [3.63, 3.8) is 0 Å². The fourth-order valence-corrected chi connectivity index (χ4v) is 4.16. The Hall–Kier alpha value is -2.62. The molecule has 0 spiro atoms. The molecule has 2 amide bonds. The van der Waals surface area contributed by atoms with Crippen molar-refractivity contribution in [2.75, 3.05) is 11.9 Å². The van der Waals surface area contributed by atoms with E-state index < -0.39 is 6.36 Å². The molecule has 0 radical (unpaired) electrons. The van der Waals surface area contributed by atoms with E-state index in [0.717, 1.165) is 23.3 Å². The van der Waals surface area contributed by atoms with Gasteiger partial charge in [0.2, 0.25) is 11.8 Å². The molecule has 6 nitrogen and oxygen atoms in total. The quantitative estimate of drug-likeness (QED) is 0.768. The summed E-state index contributed by atoms with van der Waals surface area (Å²) in [4.78, 5) is 31.3. The van der Waals surface area contributed by atoms with Crippen LogP contribution in [0.1, 0.15) is 29.7 Å². The van der Waals surface area contributed by atoms with Crippen LogP contribution in [0.3, 0.4) is 0 Å². The van der Waals surface area contributed by atoms with Gasteiger partial charge < -0.3 is 15.0 Å². The number of alkyl halides is 3. The van der Waals surface area contributed by atoms with Gasteiger partial charge >= 0.3 is 6.36 Å². The summed E-state index contributed by atoms with van der Waals surface area (Å²) in [7, 11) is 0. The van der Waals surface area contributed by atoms with Gasteiger partial charge in [0.25, 0.3) is 0 Å². The van der Waals surface area contributed by atoms with E-state index in [2.05, 4.69) is 15.0 Å². The van der Waals surface area contributed by atoms with Crippen molar-refractivity contribution < 1.29 is 27.5 Å². The van der Waals surface area contributed by atoms with Crippen LogP contribution >= 0.6 is 11.3 Å². The lowest BCUT2D eigenvalue weighted by atomic mass is 10.1. The standard InChI is InChI=1S/C19H18F3N3O3S/c20-19(21,22)28-14-5-1-11(2-6-14)7-15-9-23-18(29-15)24-17(27)12-8-16(26)25(10-12)13-3-4-13/h1-2,5-6,9,12-13H,3-4,7-8,10H2,(H,23,24,27)/t12-/m1/s1. The van der Waals surface area contributed by atoms with Gasteiger partial charge in [-0.3, -0.25) is 9.59 Å². The number of halogens is 3. The maximum atomic E-state index is 12.4. The minimum atomic E-state index is -4.72. The van der Waals surface area contributed by atoms with E-state index in [4.69, 9.17) is 0 Å². The number of thiazole rings is 1. The van der Waals surface area contributed by atoms with Gasteiger partial charge in [-0.05, 0) is 30.5 Å². The third-order valence-electron chi connectivity index (χ3n) is 4.84. The van der Waals surface area contributed by atoms with E-state index in [1.807, 2.05) is 0 Å². The molecule has 1 aliphatic carbocycles. The zero-order valence-electron chi connectivity index (χ0n) is 15.2. The zero-order chi connectivity index (χ0) is 20.6. The molecule has 1 saturated carbocycles. The van der Waals surface area contributed by atoms with Crippen LogP contribution in [0.5, 0.6) is 5.75 Å². The van der Waals surface area contributed by atoms with Crippen LogP contribution in [-0.4, -0.2) is 40.6 Å². The van der Waals surface area contributed by atoms with Crippen molar-refractivity contribution in [1.82, 2.24) is 9.88 Å². The molecule has 1 saturated heterocycles. The van der Waals surface area contributed by atoms with Crippen LogP contribution in [-0.2, 0) is 16.0 Å². The van der Waals surface area contributed by atoms with Gasteiger partial charge in [0.1, 0.15) is 5.75 Å². The van der Waals surface area contributed by atoms with Crippen molar-refractivity contribution >= 4 is 28.3 Å². The Morgan fingerprint density at radius 1 is 1.28 bits per heavy atom. The lowest BCUT2D eigenvalue weighted by Gasteiger charge is -2.14. The molecule has 29 heavy (non-hydrogen) atoms. The Morgan fingerprint density at radius 2 is 2.00 bits per heavy atom. The van der Waals surface area contributed by atoms with Crippen LogP contribution in [0.2, 0.25) is 0 Å². The van der Waals surface area contributed by atoms with Crippen LogP contribution in [0.15, 0.2) is 30.5 Å². The average molecular weight is 425 g/mol. The third kappa shape index (κ3) is 5.06. The number of hydrogen-bond acceptors (Lipinski definition) is 5. The molecule has 1 aromatic carbocycles. The van der Waals surface area contributed by atoms with Crippen LogP contribution in [0.4, 0.5) is 18.3 Å². The molecule has 1 aliphatic heterocycles. The molecule has 2 aliphatic rings. The van der Waals surface area contributed by atoms with Crippen molar-refractivity contribution in [2.45, 2.75) is 38.1 Å². The molecule has 154 valence electrons. The molecule has 2 heterocycles. The third-order valence-corrected chi connectivity index (χ3v) is 5.75. The second kappa shape index (κ2) is 7.66. The topological polar surface area (TPSA) is 71.5 Å². The molecular formula is C19H18F3N3O3S. The molecular weight excluding hydrogens is 407 g/mol. The summed E-state index contributed by atoms with van der Waals surface area (Å²) >= 11 is 1.30. The SMILES string of the molecule is O=C(Nc1ncc(Cc2ccc(OC(F)(F)F)cc2)s1)[C@@H]1CC(=O)N(C2CC2)C1. The number of hydrogen-bond donors (Lipinski definition) is 1. The molecule has 1 aromatic heterocycles. The summed E-state index contributed by atoms with van der Waals surface area (Å²) in [5.41, 5.74) is 0.794. The van der Waals surface area contributed by atoms with Gasteiger partial charge in [0.05, 0.1) is 5.92 Å². The Labute approximate surface area is 168 Å². The maximum absolute atomic E-state index is 12.4. The van der Waals surface area contributed by atoms with Crippen molar-refractivity contribution in [3.8, 4) is 5.75 Å². The maximum Gasteiger partial charge on any atom is 0.573 e. The number of ether oxygens (including phenoxy) is 1. The number of rotatable bonds is 6. The average Bonchev–Trinajstić information content (AvgIpc) is 3.27. The summed E-state index contributed by atoms with van der Waals surface area (Å²) in [6.45, 7) is 0.458. The molecule has 2 fully saturated rings. The largest absolute Gasteiger partial charge is 0.573 e. The van der Waals surface area contributed by atoms with Crippen molar-refractivity contribution in [2.24, 2.45) is 5.92 Å². The van der Waals surface area contributed by atoms with Gasteiger partial charge in [0.15, 0.2) is 5.13 Å². The highest BCUT2D eigenvalue weighted by molar-refractivity contribution is 7.15. The zero-order valence-corrected chi connectivity index (χ0v) is 16.1. The van der Waals surface area contributed by atoms with E-state index in [1.54, 1.807) is 23.2 Å². The van der Waals surface area contributed by atoms with Gasteiger partial charge in [-0.1, -0.05) is 12.1 Å². The Balaban J connectivity index is 1.31. The first kappa shape index (κ1) is 19.7. The highest BCUT2D eigenvalue weighted by atomic mass is 32.1. The number of amides is 2. The monoisotopic (exact) mass is 425 g/mol. The van der Waals surface area contributed by atoms with Gasteiger partial charge in [-0.15, -0.1) is 24.5 Å². The highest BCUT2D eigenvalue weighted by Gasteiger charge is 2.41. The van der Waals surface area contributed by atoms with Crippen molar-refractivity contribution in [3.05, 3.63) is 40.9 Å². The second-order valence-corrected chi connectivity index (χ2v) is 8.28. The van der Waals surface area contributed by atoms with E-state index >= 15 is 0 Å². The van der Waals surface area contributed by atoms with Crippen LogP contribution in [0.25, 0.3) is 0 Å². The summed E-state index contributed by atoms with van der Waals surface area (Å²) in [5.74, 6) is -0.817. The fraction of sp³-hybridized carbons (Fsp3) is 0.421. The summed E-state index contributed by atoms with van der Waals surface area (Å²) in [6, 6.07) is 5.93. The molecule has 1 atom stereocenters. The number of anilines is 1. The Kier molecular flexibility index (Phi) is 5.20. The summed E-state index contributed by atoms with van der Waals surface area (Å²) in [6.07, 6.45) is -0.370. The molecule has 2 aromatic rings. The smallest absolute Gasteiger partial charge is 0.406 e. The Morgan fingerprint density at radius 3 is 2.66 bits per heavy atom. The van der Waals surface area contributed by atoms with Gasteiger partial charge in [-0.2, -0.15) is 0 Å². The normalized spacial score (nSPS) is 19.5. The minimum Gasteiger partial charge on any atom is -0.406 e. The number of aromatic nitrogens is 1. The number of nitrogens with one attached hydrogen (secondary N) is 1. The summed E-state index contributed by atoms with van der Waals surface area (Å²) in [5, 5.41) is 3.21. The van der Waals surface area contributed by atoms with E-state index in [-0.39, 0.29) is 29.9 Å². The minimum absolute atomic E-state index is 0.0328. The molecule has 0 bridgehead atoms. The number of likely N-dealkylation sites (tertiary alicyclic amines) is 1. The van der Waals surface area contributed by atoms with E-state index in [1.165, 1.54) is 23.5 Å². The first-order chi connectivity index (χ1) is 13.8. The number of carbonyl (C=O) groups excluding carboxylic acids is 2. The summed E-state index contributed by atoms with van der Waals surface area (Å²) < 4.78 is 40.5. The first-order valence-corrected chi connectivity index (χ1v) is 9.98. The molecule has 10 heteroatoms. The highest BCUT2D eigenvalue weighted by Crippen LogP contribution is 2.33. The van der Waals surface area contributed by atoms with Gasteiger partial charge in [0, 0.05) is 36.5 Å². The lowest BCUT2D eigenvalue weighted by Crippen LogP contribution is -2.29. The van der Waals surface area contributed by atoms with Gasteiger partial charge in [-0.25, -0.2) is 4.98 Å². The molecule has 0 unspecified atom stereocenters. The predicted molar refractivity (Wildman–Crippen MR) is 99.5 cm³/mol. The number of benzene rings is 1. The predicted octanol–water partition coefficient (Wildman–Crippen LogP) is 3.58. The number of carbonyl (C=O) groups is 2. The van der Waals surface area contributed by atoms with Crippen LogP contribution in [0, 0.1) is 5.92 Å². The fourth-order valence-electron chi connectivity index (χ4n) is 3.31. The molecule has 4 rings (SSSR count). The van der Waals surface area contributed by atoms with E-state index in [0.29, 0.717) is 24.1 Å². The number of nitrogens with zero attached hydrogens (tertiary/aromatic N) is 2. The van der Waals surface area contributed by atoms with Crippen LogP contribution < -0.4 is 10.1 Å².